The molecule has 0 aliphatic heterocycles. The summed E-state index contributed by atoms with van der Waals surface area (Å²) >= 11 is 0. The Morgan fingerprint density at radius 3 is 2.30 bits per heavy atom. The highest BCUT2D eigenvalue weighted by molar-refractivity contribution is 5.90. The number of pyridine rings is 1. The Kier molecular flexibility index (Phi) is 10.1. The van der Waals surface area contributed by atoms with Crippen LogP contribution in [0.25, 0.3) is 0 Å². The molecule has 0 bridgehead atoms. The number of benzene rings is 1. The molecule has 2 rings (SSSR count). The van der Waals surface area contributed by atoms with Crippen LogP contribution < -0.4 is 15.8 Å². The lowest BCUT2D eigenvalue weighted by atomic mass is 10.2. The Balaban J connectivity index is 0.00000338. The SMILES string of the molecule is CC(N)CCC(=O)Nc1ccc(Oc2ccc(C(F)(F)F)cc2)nc1.Cl.Cl. The van der Waals surface area contributed by atoms with Gasteiger partial charge in [-0.2, -0.15) is 13.2 Å². The van der Waals surface area contributed by atoms with Crippen LogP contribution in [0.1, 0.15) is 25.3 Å². The van der Waals surface area contributed by atoms with Crippen molar-refractivity contribution < 1.29 is 22.7 Å². The van der Waals surface area contributed by atoms with Crippen molar-refractivity contribution in [2.75, 3.05) is 5.32 Å². The normalized spacial score (nSPS) is 11.6. The van der Waals surface area contributed by atoms with Crippen molar-refractivity contribution in [2.45, 2.75) is 32.0 Å². The molecule has 0 aliphatic rings. The van der Waals surface area contributed by atoms with Crippen molar-refractivity contribution in [2.24, 2.45) is 5.73 Å². The second-order valence-electron chi connectivity index (χ2n) is 5.57. The zero-order chi connectivity index (χ0) is 18.4. The molecular weight excluding hydrogens is 406 g/mol. The first kappa shape index (κ1) is 25.0. The van der Waals surface area contributed by atoms with Gasteiger partial charge in [0, 0.05) is 18.5 Å². The third kappa shape index (κ3) is 8.47. The molecule has 5 nitrogen and oxygen atoms in total. The minimum Gasteiger partial charge on any atom is -0.439 e. The number of hydrogen-bond acceptors (Lipinski definition) is 4. The van der Waals surface area contributed by atoms with Crippen LogP contribution >= 0.6 is 24.8 Å². The van der Waals surface area contributed by atoms with Crippen molar-refractivity contribution >= 4 is 36.4 Å². The van der Waals surface area contributed by atoms with E-state index in [1.165, 1.54) is 24.4 Å². The molecule has 0 aliphatic carbocycles. The zero-order valence-corrected chi connectivity index (χ0v) is 16.0. The van der Waals surface area contributed by atoms with Crippen LogP contribution in [0.15, 0.2) is 42.6 Å². The summed E-state index contributed by atoms with van der Waals surface area (Å²) in [6.45, 7) is 1.82. The van der Waals surface area contributed by atoms with Crippen molar-refractivity contribution in [3.63, 3.8) is 0 Å². The fourth-order valence-corrected chi connectivity index (χ4v) is 1.93. The molecular formula is C17H20Cl2F3N3O2. The average Bonchev–Trinajstić information content (AvgIpc) is 2.54. The molecule has 3 N–H and O–H groups in total. The second kappa shape index (κ2) is 11.0. The number of amides is 1. The van der Waals surface area contributed by atoms with Gasteiger partial charge in [-0.1, -0.05) is 0 Å². The molecule has 10 heteroatoms. The highest BCUT2D eigenvalue weighted by atomic mass is 35.5. The predicted octanol–water partition coefficient (Wildman–Crippen LogP) is 4.80. The molecule has 1 unspecified atom stereocenters. The van der Waals surface area contributed by atoms with E-state index in [1.807, 2.05) is 6.92 Å². The van der Waals surface area contributed by atoms with Crippen molar-refractivity contribution in [1.29, 1.82) is 0 Å². The highest BCUT2D eigenvalue weighted by Crippen LogP contribution is 2.31. The lowest BCUT2D eigenvalue weighted by molar-refractivity contribution is -0.137. The van der Waals surface area contributed by atoms with E-state index in [9.17, 15) is 18.0 Å². The van der Waals surface area contributed by atoms with Gasteiger partial charge in [-0.25, -0.2) is 4.98 Å². The Hall–Kier alpha value is -2.03. The maximum absolute atomic E-state index is 12.5. The number of hydrogen-bond donors (Lipinski definition) is 2. The van der Waals surface area contributed by atoms with E-state index in [0.717, 1.165) is 12.1 Å². The number of anilines is 1. The van der Waals surface area contributed by atoms with Gasteiger partial charge in [0.15, 0.2) is 0 Å². The summed E-state index contributed by atoms with van der Waals surface area (Å²) in [5.41, 5.74) is 5.33. The number of carbonyl (C=O) groups is 1. The number of carbonyl (C=O) groups excluding carboxylic acids is 1. The molecule has 0 radical (unpaired) electrons. The quantitative estimate of drug-likeness (QED) is 0.696. The van der Waals surface area contributed by atoms with E-state index >= 15 is 0 Å². The number of nitrogens with zero attached hydrogens (tertiary/aromatic N) is 1. The van der Waals surface area contributed by atoms with Gasteiger partial charge in [-0.15, -0.1) is 24.8 Å². The topological polar surface area (TPSA) is 77.2 Å². The first-order chi connectivity index (χ1) is 11.7. The van der Waals surface area contributed by atoms with Crippen LogP contribution in [0.5, 0.6) is 11.6 Å². The van der Waals surface area contributed by atoms with Crippen molar-refractivity contribution in [3.05, 3.63) is 48.2 Å². The number of nitrogens with two attached hydrogens (primary N) is 1. The van der Waals surface area contributed by atoms with Crippen LogP contribution in [0.2, 0.25) is 0 Å². The molecule has 27 heavy (non-hydrogen) atoms. The Morgan fingerprint density at radius 2 is 1.81 bits per heavy atom. The van der Waals surface area contributed by atoms with E-state index in [2.05, 4.69) is 10.3 Å². The number of aromatic nitrogens is 1. The summed E-state index contributed by atoms with van der Waals surface area (Å²) in [7, 11) is 0. The Bertz CT molecular complexity index is 709. The lowest BCUT2D eigenvalue weighted by Gasteiger charge is -2.09. The molecule has 0 saturated carbocycles. The van der Waals surface area contributed by atoms with Gasteiger partial charge in [0.2, 0.25) is 11.8 Å². The Labute approximate surface area is 167 Å². The molecule has 1 aromatic heterocycles. The number of alkyl halides is 3. The van der Waals surface area contributed by atoms with Gasteiger partial charge in [0.25, 0.3) is 0 Å². The first-order valence-electron chi connectivity index (χ1n) is 7.60. The van der Waals surface area contributed by atoms with Gasteiger partial charge < -0.3 is 15.8 Å². The standard InChI is InChI=1S/C17H18F3N3O2.2ClH/c1-11(21)2-8-15(24)23-13-5-9-16(22-10-13)25-14-6-3-12(4-7-14)17(18,19)20;;/h3-7,9-11H,2,8,21H2,1H3,(H,23,24);2*1H. The monoisotopic (exact) mass is 425 g/mol. The molecule has 1 heterocycles. The van der Waals surface area contributed by atoms with Crippen molar-refractivity contribution in [1.82, 2.24) is 4.98 Å². The molecule has 1 amide bonds. The summed E-state index contributed by atoms with van der Waals surface area (Å²) < 4.78 is 42.9. The smallest absolute Gasteiger partial charge is 0.416 e. The van der Waals surface area contributed by atoms with E-state index in [0.29, 0.717) is 18.5 Å². The fourth-order valence-electron chi connectivity index (χ4n) is 1.93. The molecule has 0 spiro atoms. The van der Waals surface area contributed by atoms with Gasteiger partial charge in [-0.05, 0) is 43.7 Å². The van der Waals surface area contributed by atoms with E-state index in [-0.39, 0.29) is 48.4 Å². The second-order valence-corrected chi connectivity index (χ2v) is 5.57. The maximum Gasteiger partial charge on any atom is 0.416 e. The highest BCUT2D eigenvalue weighted by Gasteiger charge is 2.30. The lowest BCUT2D eigenvalue weighted by Crippen LogP contribution is -2.19. The van der Waals surface area contributed by atoms with Gasteiger partial charge in [0.1, 0.15) is 5.75 Å². The maximum atomic E-state index is 12.5. The summed E-state index contributed by atoms with van der Waals surface area (Å²) in [5, 5.41) is 2.67. The van der Waals surface area contributed by atoms with Crippen molar-refractivity contribution in [3.8, 4) is 11.6 Å². The average molecular weight is 426 g/mol. The summed E-state index contributed by atoms with van der Waals surface area (Å²) in [6, 6.07) is 7.35. The molecule has 2 aromatic rings. The van der Waals surface area contributed by atoms with Gasteiger partial charge in [0.05, 0.1) is 17.4 Å². The van der Waals surface area contributed by atoms with Crippen LogP contribution in [0, 0.1) is 0 Å². The molecule has 150 valence electrons. The third-order valence-electron chi connectivity index (χ3n) is 3.25. The van der Waals surface area contributed by atoms with E-state index in [4.69, 9.17) is 10.5 Å². The largest absolute Gasteiger partial charge is 0.439 e. The zero-order valence-electron chi connectivity index (χ0n) is 14.3. The van der Waals surface area contributed by atoms with Crippen LogP contribution in [-0.2, 0) is 11.0 Å². The molecule has 1 atom stereocenters. The molecule has 0 fully saturated rings. The number of rotatable bonds is 6. The summed E-state index contributed by atoms with van der Waals surface area (Å²) in [4.78, 5) is 15.7. The number of ether oxygens (including phenoxy) is 1. The van der Waals surface area contributed by atoms with Crippen LogP contribution in [-0.4, -0.2) is 16.9 Å². The van der Waals surface area contributed by atoms with Gasteiger partial charge >= 0.3 is 6.18 Å². The Morgan fingerprint density at radius 1 is 1.19 bits per heavy atom. The van der Waals surface area contributed by atoms with E-state index < -0.39 is 11.7 Å². The molecule has 0 saturated heterocycles. The number of nitrogens with one attached hydrogen (secondary N) is 1. The number of halogens is 5. The van der Waals surface area contributed by atoms with Crippen LogP contribution in [0.3, 0.4) is 0 Å². The predicted molar refractivity (Wildman–Crippen MR) is 102 cm³/mol. The summed E-state index contributed by atoms with van der Waals surface area (Å²) in [6.07, 6.45) is -2.10. The van der Waals surface area contributed by atoms with Gasteiger partial charge in [-0.3, -0.25) is 4.79 Å². The third-order valence-corrected chi connectivity index (χ3v) is 3.25. The molecule has 1 aromatic carbocycles. The fraction of sp³-hybridized carbons (Fsp3) is 0.294. The minimum atomic E-state index is -4.39. The first-order valence-corrected chi connectivity index (χ1v) is 7.60. The van der Waals surface area contributed by atoms with E-state index in [1.54, 1.807) is 6.07 Å². The van der Waals surface area contributed by atoms with Crippen LogP contribution in [0.4, 0.5) is 18.9 Å². The minimum absolute atomic E-state index is 0. The summed E-state index contributed by atoms with van der Waals surface area (Å²) in [5.74, 6) is 0.262.